The lowest BCUT2D eigenvalue weighted by Gasteiger charge is -2.36. The molecule has 1 fully saturated rings. The highest BCUT2D eigenvalue weighted by molar-refractivity contribution is 5.85. The Morgan fingerprint density at radius 3 is 2.27 bits per heavy atom. The Morgan fingerprint density at radius 2 is 1.81 bits per heavy atom. The van der Waals surface area contributed by atoms with Crippen LogP contribution < -0.4 is 4.90 Å². The second kappa shape index (κ2) is 11.1. The van der Waals surface area contributed by atoms with Gasteiger partial charge in [0.1, 0.15) is 5.69 Å². The third kappa shape index (κ3) is 6.25. The van der Waals surface area contributed by atoms with Crippen molar-refractivity contribution >= 4 is 11.7 Å². The second-order valence-electron chi connectivity index (χ2n) is 6.85. The van der Waals surface area contributed by atoms with E-state index in [1.54, 1.807) is 12.3 Å². The van der Waals surface area contributed by atoms with Crippen LogP contribution >= 0.6 is 0 Å². The summed E-state index contributed by atoms with van der Waals surface area (Å²) in [5.41, 5.74) is 1.06. The SMILES string of the molecule is CCCCOC(OCCCC)C1CCN(c2ccc(C(=O)O)nc2)CC1. The number of unbranched alkanes of at least 4 members (excludes halogenated alkanes) is 2. The molecular weight excluding hydrogens is 332 g/mol. The number of ether oxygens (including phenoxy) is 2. The van der Waals surface area contributed by atoms with Crippen LogP contribution in [0.3, 0.4) is 0 Å². The molecule has 1 saturated heterocycles. The van der Waals surface area contributed by atoms with Crippen LogP contribution in [0.1, 0.15) is 62.9 Å². The van der Waals surface area contributed by atoms with Gasteiger partial charge in [0.05, 0.1) is 11.9 Å². The molecule has 6 nitrogen and oxygen atoms in total. The molecule has 2 rings (SSSR count). The monoisotopic (exact) mass is 364 g/mol. The molecule has 26 heavy (non-hydrogen) atoms. The molecular formula is C20H32N2O4. The fourth-order valence-corrected chi connectivity index (χ4v) is 3.14. The number of hydrogen-bond donors (Lipinski definition) is 1. The van der Waals surface area contributed by atoms with Gasteiger partial charge in [-0.25, -0.2) is 9.78 Å². The van der Waals surface area contributed by atoms with Crippen molar-refractivity contribution in [3.8, 4) is 0 Å². The molecule has 0 atom stereocenters. The predicted molar refractivity (Wildman–Crippen MR) is 102 cm³/mol. The third-order valence-electron chi connectivity index (χ3n) is 4.82. The molecule has 0 unspecified atom stereocenters. The topological polar surface area (TPSA) is 71.9 Å². The fraction of sp³-hybridized carbons (Fsp3) is 0.700. The molecule has 0 aliphatic carbocycles. The predicted octanol–water partition coefficient (Wildman–Crippen LogP) is 3.96. The van der Waals surface area contributed by atoms with Crippen molar-refractivity contribution in [2.75, 3.05) is 31.2 Å². The Morgan fingerprint density at radius 1 is 1.19 bits per heavy atom. The number of carboxylic acid groups (broad SMARTS) is 1. The maximum atomic E-state index is 10.9. The summed E-state index contributed by atoms with van der Waals surface area (Å²) in [5, 5.41) is 8.96. The average molecular weight is 364 g/mol. The van der Waals surface area contributed by atoms with Crippen LogP contribution in [0.5, 0.6) is 0 Å². The third-order valence-corrected chi connectivity index (χ3v) is 4.82. The minimum Gasteiger partial charge on any atom is -0.477 e. The molecule has 0 saturated carbocycles. The molecule has 1 aromatic heterocycles. The summed E-state index contributed by atoms with van der Waals surface area (Å²) in [5.74, 6) is -0.585. The lowest BCUT2D eigenvalue weighted by Crippen LogP contribution is -2.40. The number of anilines is 1. The van der Waals surface area contributed by atoms with Gasteiger partial charge < -0.3 is 19.5 Å². The van der Waals surface area contributed by atoms with E-state index in [-0.39, 0.29) is 12.0 Å². The van der Waals surface area contributed by atoms with E-state index in [9.17, 15) is 4.79 Å². The summed E-state index contributed by atoms with van der Waals surface area (Å²) < 4.78 is 12.1. The highest BCUT2D eigenvalue weighted by Crippen LogP contribution is 2.27. The number of rotatable bonds is 11. The Balaban J connectivity index is 1.87. The quantitative estimate of drug-likeness (QED) is 0.473. The minimum absolute atomic E-state index is 0.0809. The summed E-state index contributed by atoms with van der Waals surface area (Å²) in [7, 11) is 0. The van der Waals surface area contributed by atoms with Gasteiger partial charge in [-0.05, 0) is 37.8 Å². The van der Waals surface area contributed by atoms with E-state index in [1.807, 2.05) is 6.07 Å². The summed E-state index contributed by atoms with van der Waals surface area (Å²) in [6.45, 7) is 7.66. The number of nitrogens with zero attached hydrogens (tertiary/aromatic N) is 2. The molecule has 0 amide bonds. The molecule has 1 aliphatic rings. The van der Waals surface area contributed by atoms with Crippen LogP contribution in [0.2, 0.25) is 0 Å². The lowest BCUT2D eigenvalue weighted by atomic mass is 9.95. The fourth-order valence-electron chi connectivity index (χ4n) is 3.14. The van der Waals surface area contributed by atoms with Crippen molar-refractivity contribution in [1.29, 1.82) is 0 Å². The van der Waals surface area contributed by atoms with Crippen molar-refractivity contribution < 1.29 is 19.4 Å². The summed E-state index contributed by atoms with van der Waals surface area (Å²) in [6, 6.07) is 3.40. The first-order valence-corrected chi connectivity index (χ1v) is 9.83. The number of aromatic carboxylic acids is 1. The maximum absolute atomic E-state index is 10.9. The van der Waals surface area contributed by atoms with Gasteiger partial charge in [-0.1, -0.05) is 26.7 Å². The molecule has 1 N–H and O–H groups in total. The van der Waals surface area contributed by atoms with Gasteiger partial charge >= 0.3 is 5.97 Å². The van der Waals surface area contributed by atoms with E-state index in [4.69, 9.17) is 14.6 Å². The lowest BCUT2D eigenvalue weighted by molar-refractivity contribution is -0.177. The van der Waals surface area contributed by atoms with Crippen molar-refractivity contribution in [2.24, 2.45) is 5.92 Å². The molecule has 1 aliphatic heterocycles. The zero-order valence-electron chi connectivity index (χ0n) is 16.0. The molecule has 146 valence electrons. The number of piperidine rings is 1. The Hall–Kier alpha value is -1.66. The first-order valence-electron chi connectivity index (χ1n) is 9.83. The summed E-state index contributed by atoms with van der Waals surface area (Å²) in [4.78, 5) is 17.2. The minimum atomic E-state index is -0.994. The first-order chi connectivity index (χ1) is 12.7. The van der Waals surface area contributed by atoms with Gasteiger partial charge in [-0.3, -0.25) is 0 Å². The maximum Gasteiger partial charge on any atom is 0.354 e. The Kier molecular flexibility index (Phi) is 8.85. The van der Waals surface area contributed by atoms with E-state index in [0.717, 1.165) is 70.5 Å². The summed E-state index contributed by atoms with van der Waals surface area (Å²) in [6.07, 6.45) is 7.92. The second-order valence-corrected chi connectivity index (χ2v) is 6.85. The average Bonchev–Trinajstić information content (AvgIpc) is 2.67. The van der Waals surface area contributed by atoms with E-state index in [1.165, 1.54) is 0 Å². The number of carbonyl (C=O) groups is 1. The van der Waals surface area contributed by atoms with Crippen LogP contribution in [-0.4, -0.2) is 48.7 Å². The van der Waals surface area contributed by atoms with Crippen molar-refractivity contribution in [3.05, 3.63) is 24.0 Å². The standard InChI is InChI=1S/C20H32N2O4/c1-3-5-13-25-20(26-14-6-4-2)16-9-11-22(12-10-16)17-7-8-18(19(23)24)21-15-17/h7-8,15-16,20H,3-6,9-14H2,1-2H3,(H,23,24). The first kappa shape index (κ1) is 20.6. The highest BCUT2D eigenvalue weighted by atomic mass is 16.7. The van der Waals surface area contributed by atoms with Crippen LogP contribution in [0.25, 0.3) is 0 Å². The molecule has 1 aromatic rings. The summed E-state index contributed by atoms with van der Waals surface area (Å²) >= 11 is 0. The Labute approximate surface area is 156 Å². The Bertz CT molecular complexity index is 517. The molecule has 0 spiro atoms. The van der Waals surface area contributed by atoms with Gasteiger partial charge in [0.15, 0.2) is 6.29 Å². The highest BCUT2D eigenvalue weighted by Gasteiger charge is 2.28. The number of aromatic nitrogens is 1. The van der Waals surface area contributed by atoms with Crippen LogP contribution in [0.15, 0.2) is 18.3 Å². The molecule has 0 radical (unpaired) electrons. The number of hydrogen-bond acceptors (Lipinski definition) is 5. The molecule has 0 aromatic carbocycles. The van der Waals surface area contributed by atoms with Gasteiger partial charge in [0.2, 0.25) is 0 Å². The molecule has 6 heteroatoms. The van der Waals surface area contributed by atoms with E-state index >= 15 is 0 Å². The van der Waals surface area contributed by atoms with Crippen molar-refractivity contribution in [1.82, 2.24) is 4.98 Å². The van der Waals surface area contributed by atoms with E-state index in [0.29, 0.717) is 5.92 Å². The van der Waals surface area contributed by atoms with Crippen LogP contribution in [-0.2, 0) is 9.47 Å². The largest absolute Gasteiger partial charge is 0.477 e. The van der Waals surface area contributed by atoms with E-state index < -0.39 is 5.97 Å². The zero-order chi connectivity index (χ0) is 18.8. The van der Waals surface area contributed by atoms with Crippen molar-refractivity contribution in [2.45, 2.75) is 58.7 Å². The number of pyridine rings is 1. The normalized spacial score (nSPS) is 15.6. The van der Waals surface area contributed by atoms with Gasteiger partial charge in [0.25, 0.3) is 0 Å². The molecule has 2 heterocycles. The number of carboxylic acids is 1. The molecule has 0 bridgehead atoms. The van der Waals surface area contributed by atoms with Crippen molar-refractivity contribution in [3.63, 3.8) is 0 Å². The zero-order valence-corrected chi connectivity index (χ0v) is 16.0. The smallest absolute Gasteiger partial charge is 0.354 e. The van der Waals surface area contributed by atoms with Gasteiger partial charge in [-0.15, -0.1) is 0 Å². The van der Waals surface area contributed by atoms with Crippen LogP contribution in [0.4, 0.5) is 5.69 Å². The van der Waals surface area contributed by atoms with Crippen LogP contribution in [0, 0.1) is 5.92 Å². The van der Waals surface area contributed by atoms with E-state index in [2.05, 4.69) is 23.7 Å². The van der Waals surface area contributed by atoms with Gasteiger partial charge in [0, 0.05) is 32.2 Å². The van der Waals surface area contributed by atoms with Gasteiger partial charge in [-0.2, -0.15) is 0 Å².